The molecule has 5 nitrogen and oxygen atoms in total. The third-order valence-electron chi connectivity index (χ3n) is 5.42. The fourth-order valence-electron chi connectivity index (χ4n) is 4.19. The molecule has 0 aromatic carbocycles. The van der Waals surface area contributed by atoms with Gasteiger partial charge in [-0.15, -0.1) is 0 Å². The van der Waals surface area contributed by atoms with Crippen molar-refractivity contribution in [3.63, 3.8) is 0 Å². The number of esters is 1. The third-order valence-corrected chi connectivity index (χ3v) is 5.42. The van der Waals surface area contributed by atoms with Gasteiger partial charge in [0.15, 0.2) is 0 Å². The van der Waals surface area contributed by atoms with E-state index in [2.05, 4.69) is 0 Å². The number of hydrogen-bond donors (Lipinski definition) is 0. The second kappa shape index (κ2) is 6.33. The molecule has 3 atom stereocenters. The lowest BCUT2D eigenvalue weighted by Gasteiger charge is -2.39. The number of nitrogens with zero attached hydrogens (tertiary/aromatic N) is 1. The van der Waals surface area contributed by atoms with Gasteiger partial charge in [0, 0.05) is 13.1 Å². The molecule has 5 heteroatoms. The molecule has 1 amide bonds. The van der Waals surface area contributed by atoms with Gasteiger partial charge in [-0.05, 0) is 64.2 Å². The van der Waals surface area contributed by atoms with Crippen LogP contribution in [0.1, 0.15) is 52.9 Å². The third kappa shape index (κ3) is 3.99. The summed E-state index contributed by atoms with van der Waals surface area (Å²) in [6, 6.07) is 0. The van der Waals surface area contributed by atoms with Gasteiger partial charge in [-0.1, -0.05) is 6.42 Å². The molecule has 3 aliphatic rings. The first-order valence-corrected chi connectivity index (χ1v) is 8.96. The number of hydrogen-bond acceptors (Lipinski definition) is 4. The zero-order valence-electron chi connectivity index (χ0n) is 14.5. The molecule has 0 N–H and O–H groups in total. The monoisotopic (exact) mass is 323 g/mol. The standard InChI is InChI=1S/C18H29NO4/c1-18(2,3)23-17(21)19-10-13(11-19)6-7-22-16(20)15-9-12-4-5-14(15)8-12/h12-15H,4-11H2,1-3H3. The number of ether oxygens (including phenoxy) is 2. The minimum absolute atomic E-state index is 0.0144. The molecule has 2 bridgehead atoms. The smallest absolute Gasteiger partial charge is 0.410 e. The van der Waals surface area contributed by atoms with E-state index >= 15 is 0 Å². The summed E-state index contributed by atoms with van der Waals surface area (Å²) in [4.78, 5) is 25.7. The van der Waals surface area contributed by atoms with Crippen LogP contribution in [0.25, 0.3) is 0 Å². The molecule has 0 aromatic heterocycles. The molecule has 1 heterocycles. The average Bonchev–Trinajstić information content (AvgIpc) is 3.01. The van der Waals surface area contributed by atoms with Crippen molar-refractivity contribution in [3.05, 3.63) is 0 Å². The topological polar surface area (TPSA) is 55.8 Å². The number of carbonyl (C=O) groups excluding carboxylic acids is 2. The molecule has 0 aromatic rings. The minimum Gasteiger partial charge on any atom is -0.465 e. The van der Waals surface area contributed by atoms with E-state index in [9.17, 15) is 9.59 Å². The normalized spacial score (nSPS) is 30.2. The van der Waals surface area contributed by atoms with Crippen LogP contribution in [0.3, 0.4) is 0 Å². The minimum atomic E-state index is -0.446. The Balaban J connectivity index is 1.29. The van der Waals surface area contributed by atoms with Gasteiger partial charge in [0.2, 0.25) is 0 Å². The van der Waals surface area contributed by atoms with E-state index in [1.165, 1.54) is 19.3 Å². The SMILES string of the molecule is CC(C)(C)OC(=O)N1CC(CCOC(=O)C2CC3CCC2C3)C1. The quantitative estimate of drug-likeness (QED) is 0.745. The number of fused-ring (bicyclic) bond motifs is 2. The summed E-state index contributed by atoms with van der Waals surface area (Å²) in [6.07, 6.45) is 5.38. The highest BCUT2D eigenvalue weighted by Crippen LogP contribution is 2.48. The summed E-state index contributed by atoms with van der Waals surface area (Å²) in [5, 5.41) is 0. The van der Waals surface area contributed by atoms with Crippen molar-refractivity contribution in [1.29, 1.82) is 0 Å². The summed E-state index contributed by atoms with van der Waals surface area (Å²) in [6.45, 7) is 7.52. The van der Waals surface area contributed by atoms with Crippen molar-refractivity contribution >= 4 is 12.1 Å². The lowest BCUT2D eigenvalue weighted by Crippen LogP contribution is -2.51. The van der Waals surface area contributed by atoms with Crippen molar-refractivity contribution in [2.24, 2.45) is 23.7 Å². The van der Waals surface area contributed by atoms with Gasteiger partial charge in [-0.3, -0.25) is 4.79 Å². The highest BCUT2D eigenvalue weighted by Gasteiger charge is 2.44. The van der Waals surface area contributed by atoms with Crippen LogP contribution in [0.2, 0.25) is 0 Å². The number of likely N-dealkylation sites (tertiary alicyclic amines) is 1. The van der Waals surface area contributed by atoms with Gasteiger partial charge < -0.3 is 14.4 Å². The number of amides is 1. The van der Waals surface area contributed by atoms with Crippen LogP contribution in [0.15, 0.2) is 0 Å². The van der Waals surface area contributed by atoms with Crippen molar-refractivity contribution in [1.82, 2.24) is 4.90 Å². The Bertz CT molecular complexity index is 464. The van der Waals surface area contributed by atoms with E-state index in [1.54, 1.807) is 4.90 Å². The molecule has 3 unspecified atom stereocenters. The largest absolute Gasteiger partial charge is 0.465 e. The number of rotatable bonds is 4. The maximum atomic E-state index is 12.1. The highest BCUT2D eigenvalue weighted by atomic mass is 16.6. The van der Waals surface area contributed by atoms with Gasteiger partial charge in [-0.25, -0.2) is 4.79 Å². The summed E-state index contributed by atoms with van der Waals surface area (Å²) in [7, 11) is 0. The Labute approximate surface area is 138 Å². The first-order valence-electron chi connectivity index (χ1n) is 8.96. The summed E-state index contributed by atoms with van der Waals surface area (Å²) in [5.74, 6) is 1.95. The molecular weight excluding hydrogens is 294 g/mol. The molecule has 1 aliphatic heterocycles. The molecule has 3 rings (SSSR count). The van der Waals surface area contributed by atoms with Crippen LogP contribution in [-0.4, -0.2) is 42.3 Å². The molecular formula is C18H29NO4. The first-order chi connectivity index (χ1) is 10.8. The van der Waals surface area contributed by atoms with Crippen LogP contribution in [0.4, 0.5) is 4.79 Å². The van der Waals surface area contributed by atoms with E-state index in [0.29, 0.717) is 31.5 Å². The fraction of sp³-hybridized carbons (Fsp3) is 0.889. The maximum Gasteiger partial charge on any atom is 0.410 e. The van der Waals surface area contributed by atoms with Crippen molar-refractivity contribution < 1.29 is 19.1 Å². The van der Waals surface area contributed by atoms with E-state index in [4.69, 9.17) is 9.47 Å². The Morgan fingerprint density at radius 3 is 2.43 bits per heavy atom. The first kappa shape index (κ1) is 16.6. The van der Waals surface area contributed by atoms with Gasteiger partial charge >= 0.3 is 12.1 Å². The summed E-state index contributed by atoms with van der Waals surface area (Å²) < 4.78 is 10.8. The Kier molecular flexibility index (Phi) is 4.56. The molecule has 1 saturated heterocycles. The molecule has 23 heavy (non-hydrogen) atoms. The average molecular weight is 323 g/mol. The number of carbonyl (C=O) groups is 2. The van der Waals surface area contributed by atoms with E-state index in [0.717, 1.165) is 18.8 Å². The zero-order chi connectivity index (χ0) is 16.6. The van der Waals surface area contributed by atoms with Crippen LogP contribution < -0.4 is 0 Å². The predicted octanol–water partition coefficient (Wildman–Crippen LogP) is 3.22. The molecule has 0 radical (unpaired) electrons. The van der Waals surface area contributed by atoms with Crippen LogP contribution in [0.5, 0.6) is 0 Å². The van der Waals surface area contributed by atoms with Gasteiger partial charge in [0.1, 0.15) is 5.60 Å². The predicted molar refractivity (Wildman–Crippen MR) is 85.8 cm³/mol. The molecule has 3 fully saturated rings. The second-order valence-corrected chi connectivity index (χ2v) is 8.49. The van der Waals surface area contributed by atoms with Crippen LogP contribution >= 0.6 is 0 Å². The Hall–Kier alpha value is -1.26. The molecule has 2 saturated carbocycles. The van der Waals surface area contributed by atoms with Crippen LogP contribution in [-0.2, 0) is 14.3 Å². The van der Waals surface area contributed by atoms with E-state index in [-0.39, 0.29) is 18.0 Å². The highest BCUT2D eigenvalue weighted by molar-refractivity contribution is 5.73. The molecule has 2 aliphatic carbocycles. The van der Waals surface area contributed by atoms with E-state index < -0.39 is 5.60 Å². The fourth-order valence-corrected chi connectivity index (χ4v) is 4.19. The van der Waals surface area contributed by atoms with Crippen LogP contribution in [0, 0.1) is 23.7 Å². The van der Waals surface area contributed by atoms with Crippen molar-refractivity contribution in [2.75, 3.05) is 19.7 Å². The zero-order valence-corrected chi connectivity index (χ0v) is 14.5. The molecule has 130 valence electrons. The maximum absolute atomic E-state index is 12.1. The Morgan fingerprint density at radius 1 is 1.13 bits per heavy atom. The lowest BCUT2D eigenvalue weighted by atomic mass is 9.89. The van der Waals surface area contributed by atoms with Gasteiger partial charge in [-0.2, -0.15) is 0 Å². The molecule has 0 spiro atoms. The second-order valence-electron chi connectivity index (χ2n) is 8.49. The van der Waals surface area contributed by atoms with E-state index in [1.807, 2.05) is 20.8 Å². The summed E-state index contributed by atoms with van der Waals surface area (Å²) >= 11 is 0. The van der Waals surface area contributed by atoms with Crippen molar-refractivity contribution in [3.8, 4) is 0 Å². The summed E-state index contributed by atoms with van der Waals surface area (Å²) in [5.41, 5.74) is -0.446. The lowest BCUT2D eigenvalue weighted by molar-refractivity contribution is -0.151. The van der Waals surface area contributed by atoms with Crippen molar-refractivity contribution in [2.45, 2.75) is 58.5 Å². The van der Waals surface area contributed by atoms with Gasteiger partial charge in [0.25, 0.3) is 0 Å². The van der Waals surface area contributed by atoms with Gasteiger partial charge in [0.05, 0.1) is 12.5 Å². The Morgan fingerprint density at radius 2 is 1.87 bits per heavy atom.